The molecule has 3 rings (SSSR count). The van der Waals surface area contributed by atoms with Crippen LogP contribution in [0.2, 0.25) is 0 Å². The fourth-order valence-electron chi connectivity index (χ4n) is 3.07. The summed E-state index contributed by atoms with van der Waals surface area (Å²) in [5.74, 6) is -2.65. The molecule has 1 aliphatic rings. The van der Waals surface area contributed by atoms with E-state index in [4.69, 9.17) is 4.74 Å². The molecule has 0 unspecified atom stereocenters. The number of carbonyl (C=O) groups is 3. The molecule has 2 aromatic rings. The molecule has 2 amide bonds. The first-order chi connectivity index (χ1) is 14.4. The van der Waals surface area contributed by atoms with Crippen LogP contribution in [0.4, 0.5) is 14.5 Å². The molecule has 0 atom stereocenters. The second-order valence-corrected chi connectivity index (χ2v) is 6.67. The molecule has 1 N–H and O–H groups in total. The van der Waals surface area contributed by atoms with Crippen molar-refractivity contribution in [3.8, 4) is 0 Å². The average molecular weight is 417 g/mol. The quantitative estimate of drug-likeness (QED) is 0.723. The molecule has 0 bridgehead atoms. The topological polar surface area (TPSA) is 78.9 Å². The number of anilines is 1. The fraction of sp³-hybridized carbons (Fsp3) is 0.286. The van der Waals surface area contributed by atoms with Gasteiger partial charge in [-0.15, -0.1) is 0 Å². The van der Waals surface area contributed by atoms with Gasteiger partial charge in [0, 0.05) is 31.7 Å². The van der Waals surface area contributed by atoms with Crippen LogP contribution in [-0.2, 0) is 14.3 Å². The maximum Gasteiger partial charge on any atom is 0.325 e. The van der Waals surface area contributed by atoms with E-state index >= 15 is 0 Å². The Balaban J connectivity index is 1.39. The highest BCUT2D eigenvalue weighted by Gasteiger charge is 2.23. The third-order valence-electron chi connectivity index (χ3n) is 4.66. The second-order valence-electron chi connectivity index (χ2n) is 6.67. The van der Waals surface area contributed by atoms with Crippen LogP contribution in [0.1, 0.15) is 10.4 Å². The summed E-state index contributed by atoms with van der Waals surface area (Å²) in [6, 6.07) is 11.5. The highest BCUT2D eigenvalue weighted by atomic mass is 19.1. The van der Waals surface area contributed by atoms with Gasteiger partial charge in [-0.05, 0) is 30.3 Å². The number of nitrogens with one attached hydrogen (secondary N) is 1. The summed E-state index contributed by atoms with van der Waals surface area (Å²) in [4.78, 5) is 39.3. The van der Waals surface area contributed by atoms with E-state index in [-0.39, 0.29) is 17.3 Å². The Morgan fingerprint density at radius 1 is 0.967 bits per heavy atom. The molecule has 0 saturated carbocycles. The zero-order chi connectivity index (χ0) is 21.5. The van der Waals surface area contributed by atoms with Crippen LogP contribution in [0.5, 0.6) is 0 Å². The third kappa shape index (κ3) is 5.53. The van der Waals surface area contributed by atoms with Crippen molar-refractivity contribution in [3.05, 3.63) is 65.7 Å². The predicted octanol–water partition coefficient (Wildman–Crippen LogP) is 1.59. The van der Waals surface area contributed by atoms with E-state index < -0.39 is 30.8 Å². The first kappa shape index (κ1) is 21.2. The Labute approximate surface area is 172 Å². The van der Waals surface area contributed by atoms with Gasteiger partial charge in [-0.3, -0.25) is 14.4 Å². The number of para-hydroxylation sites is 1. The van der Waals surface area contributed by atoms with Crippen molar-refractivity contribution in [2.45, 2.75) is 0 Å². The minimum atomic E-state index is -0.780. The number of esters is 1. The van der Waals surface area contributed by atoms with Crippen LogP contribution in [0.25, 0.3) is 0 Å². The summed E-state index contributed by atoms with van der Waals surface area (Å²) in [7, 11) is 0. The summed E-state index contributed by atoms with van der Waals surface area (Å²) < 4.78 is 31.9. The fourth-order valence-corrected chi connectivity index (χ4v) is 3.07. The molecule has 1 heterocycles. The number of nitrogens with zero attached hydrogens (tertiary/aromatic N) is 2. The molecule has 0 aliphatic carbocycles. The molecular formula is C21H21F2N3O4. The van der Waals surface area contributed by atoms with Crippen molar-refractivity contribution in [1.82, 2.24) is 10.2 Å². The summed E-state index contributed by atoms with van der Waals surface area (Å²) in [6.45, 7) is 0.786. The van der Waals surface area contributed by atoms with Crippen LogP contribution in [0, 0.1) is 11.6 Å². The number of hydrogen-bond acceptors (Lipinski definition) is 5. The van der Waals surface area contributed by atoms with Crippen molar-refractivity contribution in [2.24, 2.45) is 0 Å². The van der Waals surface area contributed by atoms with Crippen LogP contribution in [0.3, 0.4) is 0 Å². The standard InChI is InChI=1S/C21H21F2N3O4/c22-16-5-3-4-15(12-16)21(29)24-13-20(28)30-14-19(27)26-10-8-25(9-11-26)18-7-2-1-6-17(18)23/h1-7,12H,8-11,13-14H2,(H,24,29). The lowest BCUT2D eigenvalue weighted by Gasteiger charge is -2.36. The molecule has 0 radical (unpaired) electrons. The van der Waals surface area contributed by atoms with Crippen LogP contribution >= 0.6 is 0 Å². The molecule has 9 heteroatoms. The number of halogens is 2. The molecule has 0 aromatic heterocycles. The summed E-state index contributed by atoms with van der Waals surface area (Å²) in [5.41, 5.74) is 0.566. The van der Waals surface area contributed by atoms with Crippen LogP contribution in [0.15, 0.2) is 48.5 Å². The predicted molar refractivity (Wildman–Crippen MR) is 105 cm³/mol. The van der Waals surface area contributed by atoms with E-state index in [9.17, 15) is 23.2 Å². The van der Waals surface area contributed by atoms with E-state index in [1.54, 1.807) is 18.2 Å². The zero-order valence-corrected chi connectivity index (χ0v) is 16.1. The van der Waals surface area contributed by atoms with Gasteiger partial charge >= 0.3 is 5.97 Å². The lowest BCUT2D eigenvalue weighted by Crippen LogP contribution is -2.50. The van der Waals surface area contributed by atoms with E-state index in [2.05, 4.69) is 5.32 Å². The van der Waals surface area contributed by atoms with E-state index in [0.717, 1.165) is 6.07 Å². The lowest BCUT2D eigenvalue weighted by atomic mass is 10.2. The molecule has 0 spiro atoms. The zero-order valence-electron chi connectivity index (χ0n) is 16.1. The second kappa shape index (κ2) is 9.82. The first-order valence-corrected chi connectivity index (χ1v) is 9.40. The van der Waals surface area contributed by atoms with Gasteiger partial charge in [-0.25, -0.2) is 8.78 Å². The Hall–Kier alpha value is -3.49. The Morgan fingerprint density at radius 2 is 1.70 bits per heavy atom. The normalized spacial score (nSPS) is 13.7. The third-order valence-corrected chi connectivity index (χ3v) is 4.66. The summed E-state index contributed by atoms with van der Waals surface area (Å²) in [6.07, 6.45) is 0. The maximum atomic E-state index is 13.9. The van der Waals surface area contributed by atoms with Gasteiger partial charge < -0.3 is 19.9 Å². The van der Waals surface area contributed by atoms with Crippen molar-refractivity contribution in [2.75, 3.05) is 44.2 Å². The molecule has 1 fully saturated rings. The minimum Gasteiger partial charge on any atom is -0.454 e. The highest BCUT2D eigenvalue weighted by Crippen LogP contribution is 2.20. The maximum absolute atomic E-state index is 13.9. The summed E-state index contributed by atoms with van der Waals surface area (Å²) >= 11 is 0. The number of benzene rings is 2. The van der Waals surface area contributed by atoms with E-state index in [1.807, 2.05) is 4.90 Å². The monoisotopic (exact) mass is 417 g/mol. The van der Waals surface area contributed by atoms with Gasteiger partial charge in [0.15, 0.2) is 6.61 Å². The lowest BCUT2D eigenvalue weighted by molar-refractivity contribution is -0.151. The SMILES string of the molecule is O=C(CNC(=O)c1cccc(F)c1)OCC(=O)N1CCN(c2ccccc2F)CC1. The van der Waals surface area contributed by atoms with E-state index in [0.29, 0.717) is 31.9 Å². The number of piperazine rings is 1. The van der Waals surface area contributed by atoms with Gasteiger partial charge in [0.1, 0.15) is 18.2 Å². The van der Waals surface area contributed by atoms with Crippen molar-refractivity contribution >= 4 is 23.5 Å². The van der Waals surface area contributed by atoms with Gasteiger partial charge in [0.25, 0.3) is 11.8 Å². The molecule has 1 aliphatic heterocycles. The molecule has 1 saturated heterocycles. The smallest absolute Gasteiger partial charge is 0.325 e. The van der Waals surface area contributed by atoms with Crippen molar-refractivity contribution < 1.29 is 27.9 Å². The number of hydrogen-bond donors (Lipinski definition) is 1. The van der Waals surface area contributed by atoms with Crippen LogP contribution in [-0.4, -0.2) is 62.0 Å². The Kier molecular flexibility index (Phi) is 6.95. The number of amides is 2. The molecular weight excluding hydrogens is 396 g/mol. The largest absolute Gasteiger partial charge is 0.454 e. The molecule has 7 nitrogen and oxygen atoms in total. The molecule has 158 valence electrons. The van der Waals surface area contributed by atoms with Crippen molar-refractivity contribution in [3.63, 3.8) is 0 Å². The highest BCUT2D eigenvalue weighted by molar-refractivity contribution is 5.96. The van der Waals surface area contributed by atoms with Gasteiger partial charge in [-0.2, -0.15) is 0 Å². The van der Waals surface area contributed by atoms with Crippen LogP contribution < -0.4 is 10.2 Å². The first-order valence-electron chi connectivity index (χ1n) is 9.40. The number of carbonyl (C=O) groups excluding carboxylic acids is 3. The Morgan fingerprint density at radius 3 is 2.40 bits per heavy atom. The molecule has 30 heavy (non-hydrogen) atoms. The van der Waals surface area contributed by atoms with Crippen molar-refractivity contribution in [1.29, 1.82) is 0 Å². The van der Waals surface area contributed by atoms with E-state index in [1.165, 1.54) is 29.2 Å². The number of ether oxygens (including phenoxy) is 1. The molecule has 2 aromatic carbocycles. The summed E-state index contributed by atoms with van der Waals surface area (Å²) in [5, 5.41) is 2.31. The number of rotatable bonds is 6. The van der Waals surface area contributed by atoms with Gasteiger partial charge in [0.2, 0.25) is 0 Å². The Bertz CT molecular complexity index is 930. The van der Waals surface area contributed by atoms with Gasteiger partial charge in [0.05, 0.1) is 5.69 Å². The van der Waals surface area contributed by atoms with Gasteiger partial charge in [-0.1, -0.05) is 18.2 Å². The average Bonchev–Trinajstić information content (AvgIpc) is 2.76. The minimum absolute atomic E-state index is 0.0756.